The molecule has 0 radical (unpaired) electrons. The number of aromatic nitrogens is 3. The van der Waals surface area contributed by atoms with E-state index in [-0.39, 0.29) is 6.10 Å². The Balaban J connectivity index is 2.04. The maximum Gasteiger partial charge on any atom is 0.121 e. The Labute approximate surface area is 135 Å². The highest BCUT2D eigenvalue weighted by Crippen LogP contribution is 2.41. The molecule has 0 bridgehead atoms. The number of benzene rings is 2. The summed E-state index contributed by atoms with van der Waals surface area (Å²) in [6.45, 7) is 2.73. The van der Waals surface area contributed by atoms with Crippen LogP contribution in [0, 0.1) is 0 Å². The summed E-state index contributed by atoms with van der Waals surface area (Å²) in [5.74, 6) is 0. The van der Waals surface area contributed by atoms with Crippen molar-refractivity contribution in [1.29, 1.82) is 0 Å². The number of nitrogens with zero attached hydrogens (tertiary/aromatic N) is 3. The first-order valence-corrected chi connectivity index (χ1v) is 7.98. The molecule has 3 aromatic rings. The Morgan fingerprint density at radius 3 is 2.65 bits per heavy atom. The van der Waals surface area contributed by atoms with Gasteiger partial charge < -0.3 is 4.74 Å². The third-order valence-electron chi connectivity index (χ3n) is 4.44. The third-order valence-corrected chi connectivity index (χ3v) is 4.44. The van der Waals surface area contributed by atoms with Crippen LogP contribution in [-0.2, 0) is 18.2 Å². The van der Waals surface area contributed by atoms with Crippen LogP contribution < -0.4 is 0 Å². The molecule has 0 fully saturated rings. The molecular weight excluding hydrogens is 286 g/mol. The van der Waals surface area contributed by atoms with Gasteiger partial charge in [0.15, 0.2) is 0 Å². The van der Waals surface area contributed by atoms with Crippen molar-refractivity contribution < 1.29 is 4.74 Å². The average Bonchev–Trinajstić information content (AvgIpc) is 2.95. The quantitative estimate of drug-likeness (QED) is 0.723. The van der Waals surface area contributed by atoms with Crippen molar-refractivity contribution in [2.24, 2.45) is 7.05 Å². The van der Waals surface area contributed by atoms with Crippen molar-refractivity contribution in [1.82, 2.24) is 15.0 Å². The molecule has 0 spiro atoms. The second-order valence-corrected chi connectivity index (χ2v) is 5.80. The molecule has 0 saturated heterocycles. The summed E-state index contributed by atoms with van der Waals surface area (Å²) < 4.78 is 7.94. The fraction of sp³-hybridized carbons (Fsp3) is 0.263. The van der Waals surface area contributed by atoms with Gasteiger partial charge in [-0.15, -0.1) is 5.10 Å². The fourth-order valence-corrected chi connectivity index (χ4v) is 3.42. The van der Waals surface area contributed by atoms with Gasteiger partial charge in [0.1, 0.15) is 5.69 Å². The minimum Gasteiger partial charge on any atom is -0.373 e. The van der Waals surface area contributed by atoms with E-state index in [1.165, 1.54) is 16.7 Å². The van der Waals surface area contributed by atoms with Crippen molar-refractivity contribution in [2.45, 2.75) is 19.4 Å². The van der Waals surface area contributed by atoms with Crippen molar-refractivity contribution in [3.05, 3.63) is 59.7 Å². The van der Waals surface area contributed by atoms with Crippen molar-refractivity contribution in [3.8, 4) is 22.5 Å². The van der Waals surface area contributed by atoms with E-state index in [0.717, 1.165) is 23.4 Å². The molecule has 4 nitrogen and oxygen atoms in total. The number of fused-ring (bicyclic) bond motifs is 5. The van der Waals surface area contributed by atoms with Gasteiger partial charge >= 0.3 is 0 Å². The summed E-state index contributed by atoms with van der Waals surface area (Å²) >= 11 is 0. The lowest BCUT2D eigenvalue weighted by atomic mass is 9.87. The zero-order chi connectivity index (χ0) is 15.8. The van der Waals surface area contributed by atoms with Crippen LogP contribution in [-0.4, -0.2) is 21.6 Å². The summed E-state index contributed by atoms with van der Waals surface area (Å²) in [7, 11) is 1.95. The van der Waals surface area contributed by atoms with Gasteiger partial charge in [-0.05, 0) is 18.1 Å². The molecule has 23 heavy (non-hydrogen) atoms. The Morgan fingerprint density at radius 1 is 1.09 bits per heavy atom. The SMILES string of the molecule is CCOC1Cc2ccccc2-c2c(nnn2C)-c2ccccc21. The molecule has 1 aromatic heterocycles. The van der Waals surface area contributed by atoms with Gasteiger partial charge in [0.2, 0.25) is 0 Å². The Bertz CT molecular complexity index is 853. The second kappa shape index (κ2) is 5.63. The molecule has 0 N–H and O–H groups in total. The van der Waals surface area contributed by atoms with E-state index in [1.807, 2.05) is 24.7 Å². The van der Waals surface area contributed by atoms with Crippen LogP contribution in [0.3, 0.4) is 0 Å². The van der Waals surface area contributed by atoms with Crippen LogP contribution in [0.15, 0.2) is 48.5 Å². The minimum atomic E-state index is 0.0347. The summed E-state index contributed by atoms with van der Waals surface area (Å²) in [4.78, 5) is 0. The molecule has 116 valence electrons. The predicted octanol–water partition coefficient (Wildman–Crippen LogP) is 3.78. The van der Waals surface area contributed by atoms with Crippen molar-refractivity contribution in [3.63, 3.8) is 0 Å². The first-order chi connectivity index (χ1) is 11.3. The topological polar surface area (TPSA) is 39.9 Å². The molecule has 0 amide bonds. The Morgan fingerprint density at radius 2 is 1.83 bits per heavy atom. The summed E-state index contributed by atoms with van der Waals surface area (Å²) in [6.07, 6.45) is 0.888. The lowest BCUT2D eigenvalue weighted by Gasteiger charge is -2.24. The van der Waals surface area contributed by atoms with E-state index in [2.05, 4.69) is 52.8 Å². The van der Waals surface area contributed by atoms with Crippen LogP contribution in [0.1, 0.15) is 24.2 Å². The van der Waals surface area contributed by atoms with E-state index in [0.29, 0.717) is 6.61 Å². The third kappa shape index (κ3) is 2.26. The van der Waals surface area contributed by atoms with Gasteiger partial charge in [-0.1, -0.05) is 53.7 Å². The van der Waals surface area contributed by atoms with Crippen molar-refractivity contribution >= 4 is 0 Å². The Hall–Kier alpha value is -2.46. The van der Waals surface area contributed by atoms with E-state index in [9.17, 15) is 0 Å². The van der Waals surface area contributed by atoms with Crippen LogP contribution in [0.5, 0.6) is 0 Å². The highest BCUT2D eigenvalue weighted by atomic mass is 16.5. The molecule has 0 aliphatic heterocycles. The number of ether oxygens (including phenoxy) is 1. The molecule has 4 heteroatoms. The van der Waals surface area contributed by atoms with Crippen LogP contribution in [0.4, 0.5) is 0 Å². The molecule has 1 unspecified atom stereocenters. The van der Waals surface area contributed by atoms with Gasteiger partial charge in [-0.3, -0.25) is 0 Å². The normalized spacial score (nSPS) is 16.0. The largest absolute Gasteiger partial charge is 0.373 e. The zero-order valence-electron chi connectivity index (χ0n) is 13.4. The van der Waals surface area contributed by atoms with E-state index in [4.69, 9.17) is 4.74 Å². The first-order valence-electron chi connectivity index (χ1n) is 7.98. The second-order valence-electron chi connectivity index (χ2n) is 5.80. The summed E-state index contributed by atoms with van der Waals surface area (Å²) in [5, 5.41) is 8.73. The van der Waals surface area contributed by atoms with Gasteiger partial charge in [-0.2, -0.15) is 0 Å². The van der Waals surface area contributed by atoms with Crippen LogP contribution in [0.25, 0.3) is 22.5 Å². The van der Waals surface area contributed by atoms with Gasteiger partial charge in [-0.25, -0.2) is 4.68 Å². The monoisotopic (exact) mass is 305 g/mol. The minimum absolute atomic E-state index is 0.0347. The highest BCUT2D eigenvalue weighted by molar-refractivity contribution is 5.82. The van der Waals surface area contributed by atoms with Crippen molar-refractivity contribution in [2.75, 3.05) is 6.61 Å². The molecular formula is C19H19N3O. The molecule has 1 aliphatic carbocycles. The maximum absolute atomic E-state index is 6.07. The molecule has 0 saturated carbocycles. The van der Waals surface area contributed by atoms with Crippen LogP contribution >= 0.6 is 0 Å². The van der Waals surface area contributed by atoms with E-state index >= 15 is 0 Å². The zero-order valence-corrected chi connectivity index (χ0v) is 13.4. The molecule has 4 rings (SSSR count). The van der Waals surface area contributed by atoms with Gasteiger partial charge in [0.05, 0.1) is 11.8 Å². The average molecular weight is 305 g/mol. The van der Waals surface area contributed by atoms with Gasteiger partial charge in [0.25, 0.3) is 0 Å². The molecule has 1 aliphatic rings. The number of aryl methyl sites for hydroxylation is 1. The number of hydrogen-bond donors (Lipinski definition) is 0. The van der Waals surface area contributed by atoms with E-state index < -0.39 is 0 Å². The number of hydrogen-bond acceptors (Lipinski definition) is 3. The maximum atomic E-state index is 6.07. The summed E-state index contributed by atoms with van der Waals surface area (Å²) in [5.41, 5.74) is 6.76. The molecule has 1 atom stereocenters. The highest BCUT2D eigenvalue weighted by Gasteiger charge is 2.27. The number of rotatable bonds is 2. The fourth-order valence-electron chi connectivity index (χ4n) is 3.42. The smallest absolute Gasteiger partial charge is 0.121 e. The van der Waals surface area contributed by atoms with E-state index in [1.54, 1.807) is 0 Å². The molecule has 2 aromatic carbocycles. The summed E-state index contributed by atoms with van der Waals surface area (Å²) in [6, 6.07) is 16.8. The first kappa shape index (κ1) is 14.2. The standard InChI is InChI=1S/C19H19N3O/c1-3-23-17-12-13-8-4-5-9-14(13)19-18(20-21-22(19)2)16-11-7-6-10-15(16)17/h4-11,17H,3,12H2,1-2H3. The molecule has 1 heterocycles. The van der Waals surface area contributed by atoms with Gasteiger partial charge in [0, 0.05) is 31.2 Å². The van der Waals surface area contributed by atoms with Crippen LogP contribution in [0.2, 0.25) is 0 Å². The lowest BCUT2D eigenvalue weighted by molar-refractivity contribution is 0.0632. The predicted molar refractivity (Wildman–Crippen MR) is 89.9 cm³/mol. The lowest BCUT2D eigenvalue weighted by Crippen LogP contribution is -2.12. The Kier molecular flexibility index (Phi) is 3.46.